The van der Waals surface area contributed by atoms with Crippen LogP contribution in [0.1, 0.15) is 41.2 Å². The number of nitrogens with zero attached hydrogens (tertiary/aromatic N) is 2. The van der Waals surface area contributed by atoms with Crippen molar-refractivity contribution in [2.75, 3.05) is 0 Å². The van der Waals surface area contributed by atoms with E-state index in [0.29, 0.717) is 30.0 Å². The number of hydrazine groups is 1. The summed E-state index contributed by atoms with van der Waals surface area (Å²) in [6.07, 6.45) is 3.63. The molecular formula is C25H27N5O2. The fourth-order valence-electron chi connectivity index (χ4n) is 4.32. The van der Waals surface area contributed by atoms with Gasteiger partial charge in [-0.1, -0.05) is 60.6 Å². The molecule has 2 aromatic carbocycles. The summed E-state index contributed by atoms with van der Waals surface area (Å²) < 4.78 is 0. The number of Topliss-reactive ketones (excluding diaryl/α,β-unsaturated/α-hetero) is 1. The smallest absolute Gasteiger partial charge is 0.185 e. The van der Waals surface area contributed by atoms with Gasteiger partial charge < -0.3 is 16.3 Å². The van der Waals surface area contributed by atoms with E-state index in [0.717, 1.165) is 22.3 Å². The van der Waals surface area contributed by atoms with Crippen molar-refractivity contribution in [3.8, 4) is 0 Å². The number of pyridine rings is 1. The molecule has 0 saturated carbocycles. The lowest BCUT2D eigenvalue weighted by atomic mass is 9.74. The van der Waals surface area contributed by atoms with Crippen LogP contribution in [0.3, 0.4) is 0 Å². The second-order valence-corrected chi connectivity index (χ2v) is 7.61. The highest BCUT2D eigenvalue weighted by atomic mass is 16.7. The highest BCUT2D eigenvalue weighted by Crippen LogP contribution is 2.51. The molecule has 1 unspecified atom stereocenters. The molecule has 164 valence electrons. The van der Waals surface area contributed by atoms with Gasteiger partial charge in [-0.25, -0.2) is 5.84 Å². The number of hydrogen-bond acceptors (Lipinski definition) is 7. The van der Waals surface area contributed by atoms with E-state index in [4.69, 9.17) is 22.1 Å². The summed E-state index contributed by atoms with van der Waals surface area (Å²) in [7, 11) is 0. The van der Waals surface area contributed by atoms with Crippen molar-refractivity contribution in [2.45, 2.75) is 32.0 Å². The van der Waals surface area contributed by atoms with E-state index in [1.807, 2.05) is 67.6 Å². The first-order valence-electron chi connectivity index (χ1n) is 10.6. The van der Waals surface area contributed by atoms with E-state index in [2.05, 4.69) is 4.98 Å². The zero-order valence-electron chi connectivity index (χ0n) is 18.0. The quantitative estimate of drug-likeness (QED) is 0.494. The molecule has 3 aromatic rings. The molecule has 7 nitrogen and oxygen atoms in total. The molecule has 0 saturated heterocycles. The lowest BCUT2D eigenvalue weighted by molar-refractivity contribution is -0.160. The summed E-state index contributed by atoms with van der Waals surface area (Å²) in [6.45, 7) is 2.47. The van der Waals surface area contributed by atoms with Gasteiger partial charge in [0.1, 0.15) is 0 Å². The van der Waals surface area contributed by atoms with Crippen molar-refractivity contribution in [1.29, 1.82) is 0 Å². The minimum absolute atomic E-state index is 0.0961. The Hall–Kier alpha value is -3.36. The third kappa shape index (κ3) is 3.41. The fourth-order valence-corrected chi connectivity index (χ4v) is 4.32. The maximum atomic E-state index is 13.8. The number of rotatable bonds is 7. The van der Waals surface area contributed by atoms with Gasteiger partial charge in [0.2, 0.25) is 0 Å². The predicted molar refractivity (Wildman–Crippen MR) is 124 cm³/mol. The number of ketones is 1. The first-order chi connectivity index (χ1) is 15.6. The lowest BCUT2D eigenvalue weighted by Gasteiger charge is -2.34. The molecule has 0 spiro atoms. The average Bonchev–Trinajstić information content (AvgIpc) is 3.17. The van der Waals surface area contributed by atoms with E-state index < -0.39 is 5.54 Å². The van der Waals surface area contributed by atoms with Crippen LogP contribution in [0.25, 0.3) is 11.3 Å². The van der Waals surface area contributed by atoms with Crippen LogP contribution >= 0.6 is 0 Å². The highest BCUT2D eigenvalue weighted by molar-refractivity contribution is 6.10. The van der Waals surface area contributed by atoms with E-state index in [-0.39, 0.29) is 12.2 Å². The van der Waals surface area contributed by atoms with Gasteiger partial charge in [0.25, 0.3) is 0 Å². The first-order valence-corrected chi connectivity index (χ1v) is 10.6. The molecule has 7 heteroatoms. The van der Waals surface area contributed by atoms with Gasteiger partial charge in [-0.05, 0) is 34.4 Å². The van der Waals surface area contributed by atoms with Crippen molar-refractivity contribution in [2.24, 2.45) is 17.3 Å². The van der Waals surface area contributed by atoms with Crippen LogP contribution in [-0.2, 0) is 28.3 Å². The maximum Gasteiger partial charge on any atom is 0.185 e. The number of benzene rings is 2. The molecular weight excluding hydrogens is 402 g/mol. The summed E-state index contributed by atoms with van der Waals surface area (Å²) >= 11 is 0. The molecule has 6 N–H and O–H groups in total. The normalized spacial score (nSPS) is 18.6. The standard InChI is InChI=1S/C25H27N5O2/c1-2-22(31)25(20-8-5-6-17(14-20)15-26)23(18-10-12-29-13-11-18)24(32-30(25)28)21-9-4-3-7-19(21)16-27/h3-14H,2,15-16,26-28H2,1H3. The molecule has 1 aromatic heterocycles. The van der Waals surface area contributed by atoms with Gasteiger partial charge in [0.05, 0.1) is 0 Å². The minimum Gasteiger partial charge on any atom is -0.389 e. The lowest BCUT2D eigenvalue weighted by Crippen LogP contribution is -2.52. The number of carbonyl (C=O) groups is 1. The predicted octanol–water partition coefficient (Wildman–Crippen LogP) is 2.86. The van der Waals surface area contributed by atoms with Gasteiger partial charge in [0.15, 0.2) is 17.1 Å². The zero-order valence-corrected chi connectivity index (χ0v) is 18.0. The van der Waals surface area contributed by atoms with Gasteiger partial charge in [-0.3, -0.25) is 9.78 Å². The average molecular weight is 430 g/mol. The van der Waals surface area contributed by atoms with Crippen molar-refractivity contribution in [3.63, 3.8) is 0 Å². The maximum absolute atomic E-state index is 13.8. The van der Waals surface area contributed by atoms with E-state index in [1.165, 1.54) is 5.17 Å². The molecule has 1 atom stereocenters. The van der Waals surface area contributed by atoms with Crippen LogP contribution in [0, 0.1) is 0 Å². The molecule has 1 aliphatic heterocycles. The number of carbonyl (C=O) groups excluding carboxylic acids is 1. The summed E-state index contributed by atoms with van der Waals surface area (Å²) in [5, 5.41) is 1.17. The van der Waals surface area contributed by atoms with E-state index in [1.54, 1.807) is 12.4 Å². The largest absolute Gasteiger partial charge is 0.389 e. The highest BCUT2D eigenvalue weighted by Gasteiger charge is 2.55. The second-order valence-electron chi connectivity index (χ2n) is 7.61. The molecule has 0 fully saturated rings. The summed E-state index contributed by atoms with van der Waals surface area (Å²) in [6, 6.07) is 19.0. The molecule has 1 aliphatic rings. The number of hydroxylamine groups is 1. The van der Waals surface area contributed by atoms with Gasteiger partial charge in [-0.15, -0.1) is 0 Å². The summed E-state index contributed by atoms with van der Waals surface area (Å²) in [5.41, 5.74) is 15.3. The Kier molecular flexibility index (Phi) is 6.16. The molecule has 4 rings (SSSR count). The van der Waals surface area contributed by atoms with Crippen LogP contribution in [0.2, 0.25) is 0 Å². The molecule has 0 bridgehead atoms. The Labute approximate surface area is 187 Å². The minimum atomic E-state index is -1.36. The Morgan fingerprint density at radius 2 is 1.78 bits per heavy atom. The zero-order chi connectivity index (χ0) is 22.7. The Bertz CT molecular complexity index is 1160. The molecule has 0 radical (unpaired) electrons. The van der Waals surface area contributed by atoms with E-state index >= 15 is 0 Å². The fraction of sp³-hybridized carbons (Fsp3) is 0.200. The van der Waals surface area contributed by atoms with Crippen LogP contribution in [0.15, 0.2) is 73.1 Å². The molecule has 0 amide bonds. The molecule has 2 heterocycles. The third-order valence-electron chi connectivity index (χ3n) is 5.87. The summed E-state index contributed by atoms with van der Waals surface area (Å²) in [4.78, 5) is 24.1. The van der Waals surface area contributed by atoms with E-state index in [9.17, 15) is 4.79 Å². The van der Waals surface area contributed by atoms with Crippen molar-refractivity contribution < 1.29 is 9.63 Å². The van der Waals surface area contributed by atoms with Crippen LogP contribution in [-0.4, -0.2) is 15.9 Å². The van der Waals surface area contributed by atoms with Crippen molar-refractivity contribution >= 4 is 17.1 Å². The second kappa shape index (κ2) is 9.02. The Balaban J connectivity index is 2.12. The van der Waals surface area contributed by atoms with Gasteiger partial charge in [-0.2, -0.15) is 0 Å². The summed E-state index contributed by atoms with van der Waals surface area (Å²) in [5.74, 6) is 6.94. The number of hydrogen-bond donors (Lipinski definition) is 3. The first kappa shape index (κ1) is 21.9. The molecule has 32 heavy (non-hydrogen) atoms. The monoisotopic (exact) mass is 429 g/mol. The topological polar surface area (TPSA) is 120 Å². The van der Waals surface area contributed by atoms with Crippen molar-refractivity contribution in [1.82, 2.24) is 10.2 Å². The number of nitrogens with two attached hydrogens (primary N) is 3. The van der Waals surface area contributed by atoms with Gasteiger partial charge in [0, 0.05) is 43.0 Å². The van der Waals surface area contributed by atoms with Crippen molar-refractivity contribution in [3.05, 3.63) is 101 Å². The number of aromatic nitrogens is 1. The Morgan fingerprint density at radius 1 is 1.03 bits per heavy atom. The molecule has 0 aliphatic carbocycles. The third-order valence-corrected chi connectivity index (χ3v) is 5.87. The van der Waals surface area contributed by atoms with Crippen LogP contribution in [0.5, 0.6) is 0 Å². The Morgan fingerprint density at radius 3 is 2.47 bits per heavy atom. The van der Waals surface area contributed by atoms with Gasteiger partial charge >= 0.3 is 0 Å². The van der Waals surface area contributed by atoms with Crippen LogP contribution in [0.4, 0.5) is 0 Å². The SMILES string of the molecule is CCC(=O)C1(c2cccc(CN)c2)C(c2ccncc2)=C(c2ccccc2CN)ON1N. The van der Waals surface area contributed by atoms with Crippen LogP contribution < -0.4 is 17.3 Å².